The minimum Gasteiger partial charge on any atom is -0.507 e. The Labute approximate surface area is 150 Å². The molecule has 4 nitrogen and oxygen atoms in total. The number of aryl methyl sites for hydroxylation is 1. The van der Waals surface area contributed by atoms with E-state index >= 15 is 0 Å². The van der Waals surface area contributed by atoms with E-state index in [1.807, 2.05) is 0 Å². The van der Waals surface area contributed by atoms with Crippen LogP contribution in [-0.4, -0.2) is 20.5 Å². The van der Waals surface area contributed by atoms with Gasteiger partial charge in [-0.15, -0.1) is 11.3 Å². The minimum absolute atomic E-state index is 0.0720. The van der Waals surface area contributed by atoms with Gasteiger partial charge in [0, 0.05) is 17.1 Å². The number of hydrogen-bond acceptors (Lipinski definition) is 4. The van der Waals surface area contributed by atoms with Gasteiger partial charge in [0.25, 0.3) is 0 Å². The van der Waals surface area contributed by atoms with Crippen LogP contribution in [0.15, 0.2) is 23.6 Å². The largest absolute Gasteiger partial charge is 0.507 e. The Morgan fingerprint density at radius 3 is 2.88 bits per heavy atom. The highest BCUT2D eigenvalue weighted by Gasteiger charge is 2.25. The Hall–Kier alpha value is -2.08. The van der Waals surface area contributed by atoms with Gasteiger partial charge in [0.15, 0.2) is 4.96 Å². The quantitative estimate of drug-likeness (QED) is 0.657. The first-order valence-electron chi connectivity index (χ1n) is 8.92. The van der Waals surface area contributed by atoms with Crippen molar-refractivity contribution in [1.29, 1.82) is 0 Å². The zero-order valence-corrected chi connectivity index (χ0v) is 15.1. The highest BCUT2D eigenvalue weighted by atomic mass is 32.1. The predicted octanol–water partition coefficient (Wildman–Crippen LogP) is 5.21. The van der Waals surface area contributed by atoms with Crippen LogP contribution < -0.4 is 5.32 Å². The number of benzene rings is 1. The Morgan fingerprint density at radius 1 is 1.36 bits per heavy atom. The van der Waals surface area contributed by atoms with Crippen LogP contribution in [0.5, 0.6) is 5.75 Å². The molecule has 1 aliphatic rings. The molecule has 2 aromatic heterocycles. The molecule has 0 unspecified atom stereocenters. The second-order valence-electron chi connectivity index (χ2n) is 6.66. The summed E-state index contributed by atoms with van der Waals surface area (Å²) >= 11 is 1.56. The van der Waals surface area contributed by atoms with E-state index in [2.05, 4.69) is 27.0 Å². The Morgan fingerprint density at radius 2 is 2.16 bits per heavy atom. The summed E-state index contributed by atoms with van der Waals surface area (Å²) in [5.41, 5.74) is 1.87. The number of aromatic hydroxyl groups is 1. The van der Waals surface area contributed by atoms with E-state index in [4.69, 9.17) is 0 Å². The zero-order chi connectivity index (χ0) is 17.4. The molecule has 6 heteroatoms. The smallest absolute Gasteiger partial charge is 0.196 e. The number of thiazole rings is 1. The summed E-state index contributed by atoms with van der Waals surface area (Å²) in [4.78, 5) is 5.50. The van der Waals surface area contributed by atoms with Gasteiger partial charge in [-0.2, -0.15) is 0 Å². The van der Waals surface area contributed by atoms with Gasteiger partial charge in [-0.1, -0.05) is 32.3 Å². The normalized spacial score (nSPS) is 15.3. The van der Waals surface area contributed by atoms with E-state index in [1.54, 1.807) is 11.3 Å². The topological polar surface area (TPSA) is 49.6 Å². The third kappa shape index (κ3) is 2.88. The average molecular weight is 359 g/mol. The van der Waals surface area contributed by atoms with Crippen molar-refractivity contribution >= 4 is 22.1 Å². The van der Waals surface area contributed by atoms with E-state index in [9.17, 15) is 9.50 Å². The number of rotatable bonds is 5. The molecule has 0 atom stereocenters. The lowest BCUT2D eigenvalue weighted by Gasteiger charge is -2.16. The number of halogens is 1. The first kappa shape index (κ1) is 16.4. The number of nitrogens with one attached hydrogen (secondary N) is 1. The van der Waals surface area contributed by atoms with Gasteiger partial charge >= 0.3 is 0 Å². The molecule has 1 aromatic carbocycles. The molecule has 3 aromatic rings. The first-order chi connectivity index (χ1) is 12.2. The van der Waals surface area contributed by atoms with Crippen molar-refractivity contribution in [2.45, 2.75) is 51.5 Å². The lowest BCUT2D eigenvalue weighted by Crippen LogP contribution is -2.17. The lowest BCUT2D eigenvalue weighted by atomic mass is 10.1. The van der Waals surface area contributed by atoms with Crippen LogP contribution in [0, 0.1) is 5.82 Å². The van der Waals surface area contributed by atoms with Gasteiger partial charge < -0.3 is 10.4 Å². The van der Waals surface area contributed by atoms with E-state index in [0.29, 0.717) is 11.7 Å². The van der Waals surface area contributed by atoms with Crippen LogP contribution >= 0.6 is 11.3 Å². The number of fused-ring (bicyclic) bond motifs is 1. The van der Waals surface area contributed by atoms with Gasteiger partial charge in [-0.25, -0.2) is 9.37 Å². The molecule has 2 N–H and O–H groups in total. The summed E-state index contributed by atoms with van der Waals surface area (Å²) in [5, 5.41) is 16.0. The van der Waals surface area contributed by atoms with Gasteiger partial charge in [0.05, 0.1) is 5.56 Å². The zero-order valence-electron chi connectivity index (χ0n) is 14.3. The molecule has 4 rings (SSSR count). The standard InChI is InChI=1S/C19H22FN3OS/c1-2-6-13-11-25-19-22-17(16-14(20)9-5-10-15(16)24)18(23(13)19)21-12-7-3-4-8-12/h5,9-12,21,24H,2-4,6-8H2,1H3. The molecule has 0 saturated heterocycles. The van der Waals surface area contributed by atoms with Crippen molar-refractivity contribution in [3.05, 3.63) is 35.1 Å². The molecular formula is C19H22FN3OS. The molecule has 1 aliphatic carbocycles. The molecule has 1 saturated carbocycles. The van der Waals surface area contributed by atoms with Gasteiger partial charge in [-0.05, 0) is 31.4 Å². The first-order valence-corrected chi connectivity index (χ1v) is 9.80. The number of aromatic nitrogens is 2. The van der Waals surface area contributed by atoms with Crippen LogP contribution in [0.4, 0.5) is 10.2 Å². The van der Waals surface area contributed by atoms with Crippen LogP contribution in [0.1, 0.15) is 44.7 Å². The molecule has 0 amide bonds. The van der Waals surface area contributed by atoms with Gasteiger partial charge in [0.1, 0.15) is 23.1 Å². The number of imidazole rings is 1. The van der Waals surface area contributed by atoms with Gasteiger partial charge in [0.2, 0.25) is 0 Å². The Kier molecular flexibility index (Phi) is 4.37. The fraction of sp³-hybridized carbons (Fsp3) is 0.421. The van der Waals surface area contributed by atoms with E-state index in [1.165, 1.54) is 36.7 Å². The van der Waals surface area contributed by atoms with Crippen LogP contribution in [0.25, 0.3) is 16.2 Å². The highest BCUT2D eigenvalue weighted by molar-refractivity contribution is 7.15. The summed E-state index contributed by atoms with van der Waals surface area (Å²) in [6.07, 6.45) is 6.63. The molecule has 0 spiro atoms. The van der Waals surface area contributed by atoms with Crippen molar-refractivity contribution in [2.75, 3.05) is 5.32 Å². The van der Waals surface area contributed by atoms with Gasteiger partial charge in [-0.3, -0.25) is 4.40 Å². The lowest BCUT2D eigenvalue weighted by molar-refractivity contribution is 0.472. The SMILES string of the molecule is CCCc1csc2nc(-c3c(O)cccc3F)c(NC3CCCC3)n12. The third-order valence-electron chi connectivity index (χ3n) is 4.86. The molecule has 25 heavy (non-hydrogen) atoms. The molecule has 132 valence electrons. The molecule has 0 bridgehead atoms. The second-order valence-corrected chi connectivity index (χ2v) is 7.50. The van der Waals surface area contributed by atoms with Crippen molar-refractivity contribution in [3.8, 4) is 17.0 Å². The van der Waals surface area contributed by atoms with E-state index in [-0.39, 0.29) is 11.3 Å². The molecule has 2 heterocycles. The Bertz CT molecular complexity index is 875. The summed E-state index contributed by atoms with van der Waals surface area (Å²) in [6.45, 7) is 2.15. The predicted molar refractivity (Wildman–Crippen MR) is 100 cm³/mol. The van der Waals surface area contributed by atoms with E-state index < -0.39 is 5.82 Å². The maximum Gasteiger partial charge on any atom is 0.196 e. The fourth-order valence-electron chi connectivity index (χ4n) is 3.66. The van der Waals surface area contributed by atoms with Crippen molar-refractivity contribution in [3.63, 3.8) is 0 Å². The van der Waals surface area contributed by atoms with Crippen molar-refractivity contribution in [1.82, 2.24) is 9.38 Å². The van der Waals surface area contributed by atoms with Crippen LogP contribution in [0.2, 0.25) is 0 Å². The molecule has 0 radical (unpaired) electrons. The summed E-state index contributed by atoms with van der Waals surface area (Å²) in [7, 11) is 0. The molecule has 0 aliphatic heterocycles. The van der Waals surface area contributed by atoms with Crippen molar-refractivity contribution < 1.29 is 9.50 Å². The summed E-state index contributed by atoms with van der Waals surface area (Å²) < 4.78 is 16.6. The van der Waals surface area contributed by atoms with E-state index in [0.717, 1.165) is 36.5 Å². The second kappa shape index (κ2) is 6.67. The summed E-state index contributed by atoms with van der Waals surface area (Å²) in [5.74, 6) is 0.293. The molecule has 1 fully saturated rings. The highest BCUT2D eigenvalue weighted by Crippen LogP contribution is 2.39. The monoisotopic (exact) mass is 359 g/mol. The molecular weight excluding hydrogens is 337 g/mol. The third-order valence-corrected chi connectivity index (χ3v) is 5.74. The van der Waals surface area contributed by atoms with Crippen molar-refractivity contribution in [2.24, 2.45) is 0 Å². The average Bonchev–Trinajstić information content (AvgIpc) is 3.28. The minimum atomic E-state index is -0.447. The number of nitrogens with zero attached hydrogens (tertiary/aromatic N) is 2. The Balaban J connectivity index is 1.90. The maximum absolute atomic E-state index is 14.5. The fourth-order valence-corrected chi connectivity index (χ4v) is 4.59. The number of anilines is 1. The van der Waals surface area contributed by atoms with Crippen LogP contribution in [-0.2, 0) is 6.42 Å². The maximum atomic E-state index is 14.5. The number of hydrogen-bond donors (Lipinski definition) is 2. The number of phenols is 1. The van der Waals surface area contributed by atoms with Crippen LogP contribution in [0.3, 0.4) is 0 Å². The summed E-state index contributed by atoms with van der Waals surface area (Å²) in [6, 6.07) is 4.77. The number of phenolic OH excluding ortho intramolecular Hbond substituents is 1.